The average molecular weight is 237 g/mol. The second-order valence-electron chi connectivity index (χ2n) is 5.44. The summed E-state index contributed by atoms with van der Waals surface area (Å²) < 4.78 is 0. The molecule has 0 aromatic rings. The molecule has 2 rings (SSSR count). The first-order valence-electron chi connectivity index (χ1n) is 6.85. The quantitative estimate of drug-likeness (QED) is 0.735. The van der Waals surface area contributed by atoms with Gasteiger partial charge in [0.15, 0.2) is 0 Å². The van der Waals surface area contributed by atoms with Crippen molar-refractivity contribution in [1.29, 1.82) is 0 Å². The molecule has 0 heterocycles. The average Bonchev–Trinajstić information content (AvgIpc) is 2.82. The lowest BCUT2D eigenvalue weighted by Crippen LogP contribution is -2.38. The van der Waals surface area contributed by atoms with Gasteiger partial charge in [0.1, 0.15) is 0 Å². The molecule has 3 nitrogen and oxygen atoms in total. The van der Waals surface area contributed by atoms with Gasteiger partial charge >= 0.3 is 0 Å². The Labute approximate surface area is 103 Å². The zero-order valence-corrected chi connectivity index (χ0v) is 10.4. The summed E-state index contributed by atoms with van der Waals surface area (Å²) >= 11 is 0. The molecule has 0 radical (unpaired) electrons. The van der Waals surface area contributed by atoms with Crippen molar-refractivity contribution in [2.24, 2.45) is 11.8 Å². The summed E-state index contributed by atoms with van der Waals surface area (Å²) in [5.41, 5.74) is 0. The molecule has 0 spiro atoms. The highest BCUT2D eigenvalue weighted by Crippen LogP contribution is 2.24. The molecule has 2 aliphatic rings. The first kappa shape index (κ1) is 12.6. The summed E-state index contributed by atoms with van der Waals surface area (Å²) in [6.07, 6.45) is 11.4. The second kappa shape index (κ2) is 6.20. The van der Waals surface area contributed by atoms with Crippen LogP contribution in [-0.4, -0.2) is 23.7 Å². The molecule has 96 valence electrons. The largest absolute Gasteiger partial charge is 0.396 e. The number of hydrogen-bond donors (Lipinski definition) is 2. The highest BCUT2D eigenvalue weighted by molar-refractivity contribution is 5.76. The lowest BCUT2D eigenvalue weighted by molar-refractivity contribution is -0.122. The van der Waals surface area contributed by atoms with Crippen LogP contribution in [0.25, 0.3) is 0 Å². The van der Waals surface area contributed by atoms with Crippen LogP contribution in [0.2, 0.25) is 0 Å². The van der Waals surface area contributed by atoms with Crippen LogP contribution in [0.1, 0.15) is 44.9 Å². The minimum absolute atomic E-state index is 0.203. The van der Waals surface area contributed by atoms with E-state index in [1.165, 1.54) is 0 Å². The van der Waals surface area contributed by atoms with Crippen molar-refractivity contribution in [3.8, 4) is 0 Å². The fourth-order valence-corrected chi connectivity index (χ4v) is 2.88. The molecule has 0 bridgehead atoms. The smallest absolute Gasteiger partial charge is 0.220 e. The maximum absolute atomic E-state index is 11.8. The van der Waals surface area contributed by atoms with E-state index in [-0.39, 0.29) is 5.91 Å². The Kier molecular flexibility index (Phi) is 4.60. The van der Waals surface area contributed by atoms with Crippen molar-refractivity contribution >= 4 is 5.91 Å². The minimum Gasteiger partial charge on any atom is -0.396 e. The van der Waals surface area contributed by atoms with E-state index in [2.05, 4.69) is 17.5 Å². The van der Waals surface area contributed by atoms with E-state index in [9.17, 15) is 4.79 Å². The van der Waals surface area contributed by atoms with Gasteiger partial charge in [-0.05, 0) is 50.4 Å². The van der Waals surface area contributed by atoms with Gasteiger partial charge in [0.25, 0.3) is 0 Å². The van der Waals surface area contributed by atoms with Crippen LogP contribution in [0, 0.1) is 11.8 Å². The molecule has 3 heteroatoms. The third-order valence-electron chi connectivity index (χ3n) is 4.03. The summed E-state index contributed by atoms with van der Waals surface area (Å²) in [7, 11) is 0. The molecular weight excluding hydrogens is 214 g/mol. The van der Waals surface area contributed by atoms with Gasteiger partial charge in [-0.3, -0.25) is 4.79 Å². The van der Waals surface area contributed by atoms with Gasteiger partial charge in [0.2, 0.25) is 5.91 Å². The molecule has 0 aromatic heterocycles. The number of allylic oxidation sites excluding steroid dienone is 2. The van der Waals surface area contributed by atoms with Gasteiger partial charge in [0, 0.05) is 19.1 Å². The highest BCUT2D eigenvalue weighted by atomic mass is 16.3. The van der Waals surface area contributed by atoms with Crippen molar-refractivity contribution in [3.63, 3.8) is 0 Å². The highest BCUT2D eigenvalue weighted by Gasteiger charge is 2.22. The predicted molar refractivity (Wildman–Crippen MR) is 67.5 cm³/mol. The Bertz CT molecular complexity index is 280. The zero-order valence-electron chi connectivity index (χ0n) is 10.4. The summed E-state index contributed by atoms with van der Waals surface area (Å²) in [5.74, 6) is 1.12. The fraction of sp³-hybridized carbons (Fsp3) is 0.786. The van der Waals surface area contributed by atoms with Crippen LogP contribution >= 0.6 is 0 Å². The molecule has 0 aromatic carbocycles. The van der Waals surface area contributed by atoms with Crippen molar-refractivity contribution in [2.75, 3.05) is 6.61 Å². The summed E-state index contributed by atoms with van der Waals surface area (Å²) in [4.78, 5) is 11.8. The zero-order chi connectivity index (χ0) is 12.1. The van der Waals surface area contributed by atoms with Crippen LogP contribution in [0.5, 0.6) is 0 Å². The number of nitrogens with one attached hydrogen (secondary N) is 1. The standard InChI is InChI=1S/C14H23NO2/c16-10-12-5-7-13(8-6-12)15-14(17)9-11-3-1-2-4-11/h1,3,11-13,16H,2,4-10H2,(H,15,17). The van der Waals surface area contributed by atoms with Crippen molar-refractivity contribution in [2.45, 2.75) is 51.0 Å². The molecule has 1 saturated carbocycles. The Hall–Kier alpha value is -0.830. The third-order valence-corrected chi connectivity index (χ3v) is 4.03. The summed E-state index contributed by atoms with van der Waals surface area (Å²) in [6, 6.07) is 0.343. The van der Waals surface area contributed by atoms with E-state index < -0.39 is 0 Å². The van der Waals surface area contributed by atoms with Gasteiger partial charge < -0.3 is 10.4 Å². The van der Waals surface area contributed by atoms with E-state index in [1.807, 2.05) is 0 Å². The van der Waals surface area contributed by atoms with Crippen LogP contribution in [0.4, 0.5) is 0 Å². The topological polar surface area (TPSA) is 49.3 Å². The number of carbonyl (C=O) groups is 1. The molecule has 0 saturated heterocycles. The first-order chi connectivity index (χ1) is 8.28. The van der Waals surface area contributed by atoms with E-state index >= 15 is 0 Å². The minimum atomic E-state index is 0.203. The van der Waals surface area contributed by atoms with Crippen LogP contribution in [-0.2, 0) is 4.79 Å². The maximum atomic E-state index is 11.8. The van der Waals surface area contributed by atoms with E-state index in [0.717, 1.165) is 38.5 Å². The summed E-state index contributed by atoms with van der Waals surface area (Å²) in [6.45, 7) is 0.299. The molecular formula is C14H23NO2. The van der Waals surface area contributed by atoms with Gasteiger partial charge in [0.05, 0.1) is 0 Å². The molecule has 2 N–H and O–H groups in total. The molecule has 2 aliphatic carbocycles. The van der Waals surface area contributed by atoms with Crippen molar-refractivity contribution in [3.05, 3.63) is 12.2 Å². The van der Waals surface area contributed by atoms with Crippen molar-refractivity contribution < 1.29 is 9.90 Å². The van der Waals surface area contributed by atoms with Gasteiger partial charge in [-0.2, -0.15) is 0 Å². The van der Waals surface area contributed by atoms with E-state index in [1.54, 1.807) is 0 Å². The molecule has 0 aliphatic heterocycles. The monoisotopic (exact) mass is 237 g/mol. The van der Waals surface area contributed by atoms with Crippen LogP contribution in [0.15, 0.2) is 12.2 Å². The van der Waals surface area contributed by atoms with Crippen LogP contribution in [0.3, 0.4) is 0 Å². The normalized spacial score (nSPS) is 32.6. The van der Waals surface area contributed by atoms with E-state index in [4.69, 9.17) is 5.11 Å². The Morgan fingerprint density at radius 1 is 1.24 bits per heavy atom. The predicted octanol–water partition coefficient (Wildman–Crippen LogP) is 2.01. The van der Waals surface area contributed by atoms with Crippen LogP contribution < -0.4 is 5.32 Å². The maximum Gasteiger partial charge on any atom is 0.220 e. The number of rotatable bonds is 4. The number of aliphatic hydroxyl groups is 1. The number of carbonyl (C=O) groups excluding carboxylic acids is 1. The lowest BCUT2D eigenvalue weighted by Gasteiger charge is -2.28. The number of hydrogen-bond acceptors (Lipinski definition) is 2. The molecule has 1 fully saturated rings. The number of amides is 1. The molecule has 17 heavy (non-hydrogen) atoms. The first-order valence-corrected chi connectivity index (χ1v) is 6.85. The Morgan fingerprint density at radius 3 is 2.59 bits per heavy atom. The Morgan fingerprint density at radius 2 is 2.00 bits per heavy atom. The fourth-order valence-electron chi connectivity index (χ4n) is 2.88. The van der Waals surface area contributed by atoms with Crippen molar-refractivity contribution in [1.82, 2.24) is 5.32 Å². The van der Waals surface area contributed by atoms with Gasteiger partial charge in [-0.25, -0.2) is 0 Å². The van der Waals surface area contributed by atoms with Gasteiger partial charge in [-0.1, -0.05) is 12.2 Å². The molecule has 1 amide bonds. The third kappa shape index (κ3) is 3.84. The number of aliphatic hydroxyl groups excluding tert-OH is 1. The SMILES string of the molecule is O=C(CC1C=CCC1)NC1CCC(CO)CC1. The molecule has 1 unspecified atom stereocenters. The second-order valence-corrected chi connectivity index (χ2v) is 5.44. The van der Waals surface area contributed by atoms with Gasteiger partial charge in [-0.15, -0.1) is 0 Å². The lowest BCUT2D eigenvalue weighted by atomic mass is 9.86. The van der Waals surface area contributed by atoms with E-state index in [0.29, 0.717) is 30.9 Å². The summed E-state index contributed by atoms with van der Waals surface area (Å²) in [5, 5.41) is 12.2. The Balaban J connectivity index is 1.66. The molecule has 1 atom stereocenters.